The average Bonchev–Trinajstić information content (AvgIpc) is 2.53. The molecule has 0 spiro atoms. The van der Waals surface area contributed by atoms with Gasteiger partial charge in [0.15, 0.2) is 0 Å². The van der Waals surface area contributed by atoms with E-state index >= 15 is 0 Å². The van der Waals surface area contributed by atoms with Crippen molar-refractivity contribution in [2.24, 2.45) is 0 Å². The van der Waals surface area contributed by atoms with Crippen LogP contribution in [0.2, 0.25) is 0 Å². The topological polar surface area (TPSA) is 83.8 Å². The monoisotopic (exact) mass is 428 g/mol. The van der Waals surface area contributed by atoms with Gasteiger partial charge in [-0.1, -0.05) is 34.9 Å². The van der Waals surface area contributed by atoms with Crippen LogP contribution < -0.4 is 0 Å². The maximum Gasteiger partial charge on any atom is 0.417 e. The molecule has 0 bridgehead atoms. The van der Waals surface area contributed by atoms with Crippen LogP contribution in [0, 0.1) is 0 Å². The molecule has 0 rings (SSSR count). The van der Waals surface area contributed by atoms with Crippen LogP contribution in [-0.2, 0) is 13.7 Å². The van der Waals surface area contributed by atoms with Gasteiger partial charge in [0.2, 0.25) is 0 Å². The molecule has 0 fully saturated rings. The van der Waals surface area contributed by atoms with Crippen molar-refractivity contribution in [2.75, 3.05) is 13.3 Å². The summed E-state index contributed by atoms with van der Waals surface area (Å²) in [6.45, 7) is 8.03. The summed E-state index contributed by atoms with van der Waals surface area (Å²) in [5.74, 6) is 0. The third kappa shape index (κ3) is 8.97. The highest BCUT2D eigenvalue weighted by molar-refractivity contribution is 7.75. The van der Waals surface area contributed by atoms with Crippen LogP contribution >= 0.6 is 15.0 Å². The molecule has 27 heavy (non-hydrogen) atoms. The Hall–Kier alpha value is -0.580. The number of hydrogen-bond acceptors (Lipinski definition) is 3. The maximum atomic E-state index is 13.8. The molecule has 0 aromatic rings. The molecule has 0 saturated carbocycles. The molecular formula is C18H32F2O5P2. The molecule has 0 aromatic heterocycles. The van der Waals surface area contributed by atoms with Gasteiger partial charge >= 0.3 is 13.0 Å². The maximum absolute atomic E-state index is 13.8. The molecule has 158 valence electrons. The molecule has 9 heteroatoms. The Morgan fingerprint density at radius 2 is 1.37 bits per heavy atom. The van der Waals surface area contributed by atoms with E-state index in [4.69, 9.17) is 9.79 Å². The first-order chi connectivity index (χ1) is 12.3. The molecular weight excluding hydrogens is 396 g/mol. The first kappa shape index (κ1) is 26.4. The van der Waals surface area contributed by atoms with Gasteiger partial charge in [-0.3, -0.25) is 9.13 Å². The second-order valence-electron chi connectivity index (χ2n) is 6.88. The molecule has 0 aromatic carbocycles. The van der Waals surface area contributed by atoms with Gasteiger partial charge in [-0.15, -0.1) is 0 Å². The van der Waals surface area contributed by atoms with E-state index in [2.05, 4.69) is 37.4 Å². The van der Waals surface area contributed by atoms with E-state index in [0.717, 1.165) is 38.4 Å². The van der Waals surface area contributed by atoms with Crippen molar-refractivity contribution in [3.8, 4) is 0 Å². The lowest BCUT2D eigenvalue weighted by molar-refractivity contribution is 0.119. The predicted octanol–water partition coefficient (Wildman–Crippen LogP) is 6.45. The highest BCUT2D eigenvalue weighted by atomic mass is 31.2. The summed E-state index contributed by atoms with van der Waals surface area (Å²) in [6, 6.07) is 0. The van der Waals surface area contributed by atoms with Gasteiger partial charge < -0.3 is 14.3 Å². The molecule has 1 unspecified atom stereocenters. The second kappa shape index (κ2) is 11.4. The molecule has 1 atom stereocenters. The van der Waals surface area contributed by atoms with Crippen LogP contribution in [0.1, 0.15) is 59.8 Å². The summed E-state index contributed by atoms with van der Waals surface area (Å²) in [6.07, 6.45) is 8.87. The van der Waals surface area contributed by atoms with Crippen molar-refractivity contribution < 1.29 is 32.2 Å². The van der Waals surface area contributed by atoms with Crippen molar-refractivity contribution in [3.05, 3.63) is 34.9 Å². The molecule has 0 amide bonds. The first-order valence-corrected chi connectivity index (χ1v) is 12.2. The molecule has 0 aliphatic carbocycles. The molecule has 0 heterocycles. The fraction of sp³-hybridized carbons (Fsp3) is 0.667. The Labute approximate surface area is 161 Å². The van der Waals surface area contributed by atoms with E-state index < -0.39 is 26.5 Å². The van der Waals surface area contributed by atoms with E-state index in [1.54, 1.807) is 6.08 Å². The van der Waals surface area contributed by atoms with Crippen molar-refractivity contribution in [1.82, 2.24) is 0 Å². The van der Waals surface area contributed by atoms with Crippen LogP contribution in [0.25, 0.3) is 0 Å². The Morgan fingerprint density at radius 1 is 0.926 bits per heavy atom. The van der Waals surface area contributed by atoms with Gasteiger partial charge in [-0.05, 0) is 59.8 Å². The van der Waals surface area contributed by atoms with E-state index in [1.807, 2.05) is 6.92 Å². The molecule has 0 aliphatic heterocycles. The van der Waals surface area contributed by atoms with Gasteiger partial charge in [0.25, 0.3) is 7.37 Å². The van der Waals surface area contributed by atoms with Gasteiger partial charge in [-0.2, -0.15) is 8.78 Å². The van der Waals surface area contributed by atoms with Crippen LogP contribution in [0.3, 0.4) is 0 Å². The van der Waals surface area contributed by atoms with Gasteiger partial charge in [0.1, 0.15) is 0 Å². The zero-order valence-corrected chi connectivity index (χ0v) is 18.5. The minimum atomic E-state index is -5.87. The lowest BCUT2D eigenvalue weighted by atomic mass is 10.1. The van der Waals surface area contributed by atoms with Crippen molar-refractivity contribution in [1.29, 1.82) is 0 Å². The summed E-state index contributed by atoms with van der Waals surface area (Å²) < 4.78 is 55.0. The van der Waals surface area contributed by atoms with Crippen LogP contribution in [0.5, 0.6) is 0 Å². The Morgan fingerprint density at radius 3 is 1.78 bits per heavy atom. The normalized spacial score (nSPS) is 16.2. The van der Waals surface area contributed by atoms with Crippen molar-refractivity contribution in [2.45, 2.75) is 65.2 Å². The minimum Gasteiger partial charge on any atom is -0.327 e. The molecule has 0 saturated heterocycles. The summed E-state index contributed by atoms with van der Waals surface area (Å²) in [4.78, 5) is 17.5. The predicted molar refractivity (Wildman–Crippen MR) is 107 cm³/mol. The van der Waals surface area contributed by atoms with Crippen molar-refractivity contribution >= 4 is 15.0 Å². The standard InChI is InChI=1S/C18H32F2O5P2/c1-15(2)9-6-10-16(3)11-7-12-17(4)13-8-14-26(21,25-5)18(19,20)27(22,23)24/h9,11,13H,6-8,10,12,14H2,1-5H3,(H2,22,23,24)/b16-11+,17-13+. The largest absolute Gasteiger partial charge is 0.417 e. The lowest BCUT2D eigenvalue weighted by Gasteiger charge is -2.25. The summed E-state index contributed by atoms with van der Waals surface area (Å²) in [7, 11) is -9.89. The van der Waals surface area contributed by atoms with E-state index in [0.29, 0.717) is 0 Å². The van der Waals surface area contributed by atoms with E-state index in [1.165, 1.54) is 11.1 Å². The molecule has 0 aliphatic rings. The third-order valence-corrected chi connectivity index (χ3v) is 8.75. The first-order valence-electron chi connectivity index (χ1n) is 8.80. The van der Waals surface area contributed by atoms with Crippen molar-refractivity contribution in [3.63, 3.8) is 0 Å². The van der Waals surface area contributed by atoms with Crippen LogP contribution in [0.4, 0.5) is 8.78 Å². The highest BCUT2D eigenvalue weighted by Crippen LogP contribution is 2.74. The molecule has 2 N–H and O–H groups in total. The number of alkyl halides is 2. The zero-order chi connectivity index (χ0) is 21.3. The number of allylic oxidation sites excluding steroid dienone is 6. The van der Waals surface area contributed by atoms with Gasteiger partial charge in [0, 0.05) is 13.3 Å². The summed E-state index contributed by atoms with van der Waals surface area (Å²) in [5.41, 5.74) is 3.51. The number of rotatable bonds is 12. The van der Waals surface area contributed by atoms with Crippen LogP contribution in [-0.4, -0.2) is 28.5 Å². The summed E-state index contributed by atoms with van der Waals surface area (Å²) in [5, 5.41) is -4.68. The quantitative estimate of drug-likeness (QED) is 0.276. The summed E-state index contributed by atoms with van der Waals surface area (Å²) >= 11 is 0. The van der Waals surface area contributed by atoms with E-state index in [9.17, 15) is 17.9 Å². The zero-order valence-electron chi connectivity index (χ0n) is 16.7. The second-order valence-corrected chi connectivity index (χ2v) is 11.6. The Balaban J connectivity index is 4.64. The lowest BCUT2D eigenvalue weighted by Crippen LogP contribution is -2.19. The fourth-order valence-corrected chi connectivity index (χ4v) is 5.63. The fourth-order valence-electron chi connectivity index (χ4n) is 2.35. The van der Waals surface area contributed by atoms with E-state index in [-0.39, 0.29) is 6.42 Å². The molecule has 5 nitrogen and oxygen atoms in total. The number of halogens is 2. The SMILES string of the molecule is COP(=O)(CC/C=C(\C)CC/C=C(\C)CCC=C(C)C)C(F)(F)P(=O)(O)O. The van der Waals surface area contributed by atoms with Gasteiger partial charge in [0.05, 0.1) is 0 Å². The Kier molecular flexibility index (Phi) is 11.2. The average molecular weight is 428 g/mol. The van der Waals surface area contributed by atoms with Gasteiger partial charge in [-0.25, -0.2) is 0 Å². The third-order valence-electron chi connectivity index (χ3n) is 4.09. The highest BCUT2D eigenvalue weighted by Gasteiger charge is 2.63. The smallest absolute Gasteiger partial charge is 0.327 e. The number of hydrogen-bond donors (Lipinski definition) is 2. The Bertz CT molecular complexity index is 659. The minimum absolute atomic E-state index is 0.00416. The molecule has 0 radical (unpaired) electrons. The van der Waals surface area contributed by atoms with Crippen LogP contribution in [0.15, 0.2) is 34.9 Å².